The van der Waals surface area contributed by atoms with Gasteiger partial charge in [0.1, 0.15) is 11.5 Å². The van der Waals surface area contributed by atoms with Gasteiger partial charge in [0.25, 0.3) is 0 Å². The Balaban J connectivity index is 1.66. The lowest BCUT2D eigenvalue weighted by Gasteiger charge is -2.30. The number of benzene rings is 1. The minimum Gasteiger partial charge on any atom is -0.460 e. The van der Waals surface area contributed by atoms with Gasteiger partial charge in [-0.15, -0.1) is 0 Å². The van der Waals surface area contributed by atoms with Crippen molar-refractivity contribution in [2.45, 2.75) is 19.4 Å². The number of hydrogen-bond acceptors (Lipinski definition) is 3. The Kier molecular flexibility index (Phi) is 4.63. The summed E-state index contributed by atoms with van der Waals surface area (Å²) < 4.78 is 5.93. The number of piperidine rings is 1. The van der Waals surface area contributed by atoms with Gasteiger partial charge in [-0.2, -0.15) is 0 Å². The fourth-order valence-electron chi connectivity index (χ4n) is 2.90. The van der Waals surface area contributed by atoms with Crippen LogP contribution in [-0.2, 0) is 6.54 Å². The number of furan rings is 1. The highest BCUT2D eigenvalue weighted by Crippen LogP contribution is 2.25. The third kappa shape index (κ3) is 3.67. The van der Waals surface area contributed by atoms with Gasteiger partial charge in [0.05, 0.1) is 6.54 Å². The summed E-state index contributed by atoms with van der Waals surface area (Å²) in [6.45, 7) is 3.12. The number of hydrogen-bond donors (Lipinski definition) is 1. The minimum atomic E-state index is 0.282. The predicted molar refractivity (Wildman–Crippen MR) is 84.2 cm³/mol. The zero-order valence-corrected chi connectivity index (χ0v) is 12.7. The summed E-state index contributed by atoms with van der Waals surface area (Å²) in [4.78, 5) is 2.36. The Morgan fingerprint density at radius 2 is 2.00 bits per heavy atom. The number of aliphatic hydroxyl groups excluding tert-OH is 1. The van der Waals surface area contributed by atoms with Crippen molar-refractivity contribution in [1.29, 1.82) is 0 Å². The van der Waals surface area contributed by atoms with Crippen molar-refractivity contribution in [3.8, 4) is 11.3 Å². The molecule has 0 radical (unpaired) electrons. The number of halogens is 1. The topological polar surface area (TPSA) is 36.6 Å². The van der Waals surface area contributed by atoms with E-state index < -0.39 is 0 Å². The van der Waals surface area contributed by atoms with E-state index in [0.29, 0.717) is 5.92 Å². The van der Waals surface area contributed by atoms with Gasteiger partial charge in [-0.1, -0.05) is 11.6 Å². The maximum Gasteiger partial charge on any atom is 0.134 e. The molecule has 1 aliphatic heterocycles. The van der Waals surface area contributed by atoms with E-state index in [1.165, 1.54) is 0 Å². The maximum absolute atomic E-state index is 9.29. The van der Waals surface area contributed by atoms with Crippen LogP contribution >= 0.6 is 11.6 Å². The van der Waals surface area contributed by atoms with E-state index in [0.717, 1.165) is 54.6 Å². The Hall–Kier alpha value is -1.29. The van der Waals surface area contributed by atoms with Crippen LogP contribution in [-0.4, -0.2) is 29.7 Å². The van der Waals surface area contributed by atoms with Crippen LogP contribution in [0.15, 0.2) is 40.8 Å². The lowest BCUT2D eigenvalue weighted by molar-refractivity contribution is 0.110. The van der Waals surface area contributed by atoms with Gasteiger partial charge in [-0.3, -0.25) is 4.90 Å². The summed E-state index contributed by atoms with van der Waals surface area (Å²) >= 11 is 5.90. The van der Waals surface area contributed by atoms with Crippen LogP contribution in [0, 0.1) is 5.92 Å². The lowest BCUT2D eigenvalue weighted by Crippen LogP contribution is -2.36. The SMILES string of the molecule is OC[C@H]1CCCN(Cc2ccc(-c3ccc(Cl)cc3)o2)C1. The van der Waals surface area contributed by atoms with Crippen LogP contribution in [0.25, 0.3) is 11.3 Å². The van der Waals surface area contributed by atoms with Crippen molar-refractivity contribution in [3.63, 3.8) is 0 Å². The molecule has 1 atom stereocenters. The molecule has 2 aromatic rings. The Morgan fingerprint density at radius 3 is 2.76 bits per heavy atom. The highest BCUT2D eigenvalue weighted by molar-refractivity contribution is 6.30. The Morgan fingerprint density at radius 1 is 1.19 bits per heavy atom. The monoisotopic (exact) mass is 305 g/mol. The van der Waals surface area contributed by atoms with Gasteiger partial charge in [0.2, 0.25) is 0 Å². The third-order valence-corrected chi connectivity index (χ3v) is 4.28. The minimum absolute atomic E-state index is 0.282. The molecule has 112 valence electrons. The highest BCUT2D eigenvalue weighted by atomic mass is 35.5. The first-order chi connectivity index (χ1) is 10.2. The first kappa shape index (κ1) is 14.6. The van der Waals surface area contributed by atoms with Gasteiger partial charge in [0, 0.05) is 23.7 Å². The van der Waals surface area contributed by atoms with E-state index in [4.69, 9.17) is 16.0 Å². The average molecular weight is 306 g/mol. The van der Waals surface area contributed by atoms with Crippen molar-refractivity contribution in [1.82, 2.24) is 4.90 Å². The summed E-state index contributed by atoms with van der Waals surface area (Å²) in [5.74, 6) is 2.25. The molecule has 1 aliphatic rings. The van der Waals surface area contributed by atoms with Crippen LogP contribution in [0.1, 0.15) is 18.6 Å². The molecule has 4 heteroatoms. The van der Waals surface area contributed by atoms with Crippen molar-refractivity contribution >= 4 is 11.6 Å². The molecular weight excluding hydrogens is 286 g/mol. The number of aliphatic hydroxyl groups is 1. The van der Waals surface area contributed by atoms with Gasteiger partial charge >= 0.3 is 0 Å². The van der Waals surface area contributed by atoms with E-state index in [9.17, 15) is 5.11 Å². The number of rotatable bonds is 4. The zero-order valence-electron chi connectivity index (χ0n) is 12.0. The second-order valence-electron chi connectivity index (χ2n) is 5.70. The van der Waals surface area contributed by atoms with Crippen LogP contribution in [0.3, 0.4) is 0 Å². The summed E-state index contributed by atoms with van der Waals surface area (Å²) in [6, 6.07) is 11.7. The molecule has 1 fully saturated rings. The molecule has 1 N–H and O–H groups in total. The standard InChI is InChI=1S/C17H20ClNO2/c18-15-5-3-14(4-6-15)17-8-7-16(21-17)11-19-9-1-2-13(10-19)12-20/h3-8,13,20H,1-2,9-12H2/t13-/m0/s1. The molecule has 1 aromatic carbocycles. The lowest BCUT2D eigenvalue weighted by atomic mass is 9.99. The van der Waals surface area contributed by atoms with Crippen molar-refractivity contribution in [2.75, 3.05) is 19.7 Å². The molecule has 3 rings (SSSR count). The van der Waals surface area contributed by atoms with Crippen LogP contribution < -0.4 is 0 Å². The Bertz CT molecular complexity index is 579. The summed E-state index contributed by atoms with van der Waals surface area (Å²) in [6.07, 6.45) is 2.27. The molecular formula is C17H20ClNO2. The highest BCUT2D eigenvalue weighted by Gasteiger charge is 2.20. The molecule has 1 aromatic heterocycles. The van der Waals surface area contributed by atoms with E-state index in [1.54, 1.807) is 0 Å². The van der Waals surface area contributed by atoms with Gasteiger partial charge in [0.15, 0.2) is 0 Å². The second kappa shape index (κ2) is 6.65. The van der Waals surface area contributed by atoms with Crippen LogP contribution in [0.2, 0.25) is 5.02 Å². The molecule has 0 aliphatic carbocycles. The molecule has 0 amide bonds. The third-order valence-electron chi connectivity index (χ3n) is 4.03. The quantitative estimate of drug-likeness (QED) is 0.933. The van der Waals surface area contributed by atoms with Crippen molar-refractivity contribution < 1.29 is 9.52 Å². The summed E-state index contributed by atoms with van der Waals surface area (Å²) in [7, 11) is 0. The molecule has 3 nitrogen and oxygen atoms in total. The fraction of sp³-hybridized carbons (Fsp3) is 0.412. The van der Waals surface area contributed by atoms with Gasteiger partial charge in [-0.25, -0.2) is 0 Å². The van der Waals surface area contributed by atoms with Gasteiger partial charge < -0.3 is 9.52 Å². The molecule has 0 spiro atoms. The average Bonchev–Trinajstić information content (AvgIpc) is 2.96. The smallest absolute Gasteiger partial charge is 0.134 e. The van der Waals surface area contributed by atoms with E-state index in [2.05, 4.69) is 4.90 Å². The first-order valence-corrected chi connectivity index (χ1v) is 7.80. The normalized spacial score (nSPS) is 19.8. The number of likely N-dealkylation sites (tertiary alicyclic amines) is 1. The van der Waals surface area contributed by atoms with E-state index in [1.807, 2.05) is 36.4 Å². The second-order valence-corrected chi connectivity index (χ2v) is 6.14. The molecule has 0 saturated carbocycles. The Labute approximate surface area is 130 Å². The van der Waals surface area contributed by atoms with Crippen LogP contribution in [0.5, 0.6) is 0 Å². The summed E-state index contributed by atoms with van der Waals surface area (Å²) in [5, 5.41) is 10.0. The molecule has 2 heterocycles. The fourth-order valence-corrected chi connectivity index (χ4v) is 3.02. The van der Waals surface area contributed by atoms with E-state index >= 15 is 0 Å². The van der Waals surface area contributed by atoms with Crippen molar-refractivity contribution in [3.05, 3.63) is 47.2 Å². The van der Waals surface area contributed by atoms with Crippen LogP contribution in [0.4, 0.5) is 0 Å². The molecule has 21 heavy (non-hydrogen) atoms. The predicted octanol–water partition coefficient (Wildman–Crippen LogP) is 3.80. The molecule has 0 bridgehead atoms. The van der Waals surface area contributed by atoms with Gasteiger partial charge in [-0.05, 0) is 61.7 Å². The first-order valence-electron chi connectivity index (χ1n) is 7.42. The molecule has 0 unspecified atom stereocenters. The number of nitrogens with zero attached hydrogens (tertiary/aromatic N) is 1. The molecule has 1 saturated heterocycles. The van der Waals surface area contributed by atoms with E-state index in [-0.39, 0.29) is 6.61 Å². The zero-order chi connectivity index (χ0) is 14.7. The van der Waals surface area contributed by atoms with Crippen molar-refractivity contribution in [2.24, 2.45) is 5.92 Å². The largest absolute Gasteiger partial charge is 0.460 e. The summed E-state index contributed by atoms with van der Waals surface area (Å²) in [5.41, 5.74) is 1.04. The maximum atomic E-state index is 9.29.